The fraction of sp³-hybridized carbons (Fsp3) is 0.368. The number of hydrogen-bond donors (Lipinski definition) is 0. The van der Waals surface area contributed by atoms with Crippen LogP contribution in [-0.4, -0.2) is 36.8 Å². The van der Waals surface area contributed by atoms with Gasteiger partial charge in [0.1, 0.15) is 15.8 Å². The van der Waals surface area contributed by atoms with Gasteiger partial charge in [-0.25, -0.2) is 13.4 Å². The second-order valence-corrected chi connectivity index (χ2v) is 8.88. The van der Waals surface area contributed by atoms with Crippen LogP contribution >= 0.6 is 11.6 Å². The Morgan fingerprint density at radius 3 is 2.37 bits per heavy atom. The average Bonchev–Trinajstić information content (AvgIpc) is 2.65. The van der Waals surface area contributed by atoms with Crippen LogP contribution in [0.1, 0.15) is 24.0 Å². The highest BCUT2D eigenvalue weighted by Gasteiger charge is 2.34. The molecule has 0 radical (unpaired) electrons. The van der Waals surface area contributed by atoms with Crippen molar-refractivity contribution in [3.63, 3.8) is 0 Å². The first-order chi connectivity index (χ1) is 12.8. The van der Waals surface area contributed by atoms with E-state index in [0.717, 1.165) is 11.1 Å². The molecule has 1 aliphatic rings. The van der Waals surface area contributed by atoms with Gasteiger partial charge in [0.2, 0.25) is 10.0 Å². The van der Waals surface area contributed by atoms with E-state index in [-0.39, 0.29) is 35.0 Å². The van der Waals surface area contributed by atoms with Crippen LogP contribution in [0.25, 0.3) is 0 Å². The molecule has 1 aliphatic heterocycles. The Hall–Kier alpha value is -1.96. The third-order valence-corrected chi connectivity index (χ3v) is 7.08. The average molecular weight is 409 g/mol. The lowest BCUT2D eigenvalue weighted by atomic mass is 9.98. The molecule has 0 atom stereocenters. The van der Waals surface area contributed by atoms with E-state index in [2.05, 4.69) is 4.98 Å². The van der Waals surface area contributed by atoms with Crippen molar-refractivity contribution in [1.29, 1.82) is 0 Å². The highest BCUT2D eigenvalue weighted by molar-refractivity contribution is 7.89. The molecule has 0 amide bonds. The summed E-state index contributed by atoms with van der Waals surface area (Å²) in [5.74, 6) is -0.0663. The molecule has 3 rings (SSSR count). The summed E-state index contributed by atoms with van der Waals surface area (Å²) < 4.78 is 32.4. The summed E-state index contributed by atoms with van der Waals surface area (Å²) in [6.07, 6.45) is 2.25. The number of sulfonamides is 1. The lowest BCUT2D eigenvalue weighted by Gasteiger charge is -2.30. The molecule has 2 aromatic rings. The van der Waals surface area contributed by atoms with E-state index in [0.29, 0.717) is 18.6 Å². The lowest BCUT2D eigenvalue weighted by Crippen LogP contribution is -2.41. The van der Waals surface area contributed by atoms with Crippen molar-refractivity contribution in [1.82, 2.24) is 9.29 Å². The summed E-state index contributed by atoms with van der Waals surface area (Å²) >= 11 is 5.94. The molecule has 8 heteroatoms. The number of piperidine rings is 1. The topological polar surface area (TPSA) is 76.6 Å². The molecule has 0 bridgehead atoms. The molecular weight excluding hydrogens is 388 g/mol. The van der Waals surface area contributed by atoms with Crippen molar-refractivity contribution in [2.45, 2.75) is 31.6 Å². The molecular formula is C19H21ClN2O4S. The molecule has 1 aromatic heterocycles. The number of benzene rings is 1. The molecule has 0 saturated carbocycles. The summed E-state index contributed by atoms with van der Waals surface area (Å²) in [4.78, 5) is 16.4. The summed E-state index contributed by atoms with van der Waals surface area (Å²) in [7, 11) is -3.73. The number of rotatable bonds is 4. The summed E-state index contributed by atoms with van der Waals surface area (Å²) in [6.45, 7) is 4.25. The summed E-state index contributed by atoms with van der Waals surface area (Å²) in [5, 5.41) is -0.0472. The van der Waals surface area contributed by atoms with Crippen molar-refractivity contribution >= 4 is 27.6 Å². The molecule has 1 fully saturated rings. The molecule has 0 spiro atoms. The number of carbonyl (C=O) groups excluding carboxylic acids is 1. The molecule has 0 aliphatic carbocycles. The number of aryl methyl sites for hydroxylation is 2. The van der Waals surface area contributed by atoms with Crippen LogP contribution in [-0.2, 0) is 14.8 Å². The third-order valence-electron chi connectivity index (χ3n) is 4.74. The number of ether oxygens (including phenoxy) is 1. The largest absolute Gasteiger partial charge is 0.426 e. The van der Waals surface area contributed by atoms with Crippen molar-refractivity contribution in [2.24, 2.45) is 5.92 Å². The van der Waals surface area contributed by atoms with Gasteiger partial charge in [-0.15, -0.1) is 0 Å². The Bertz CT molecular complexity index is 934. The maximum Gasteiger partial charge on any atom is 0.314 e. The van der Waals surface area contributed by atoms with Crippen molar-refractivity contribution in [2.75, 3.05) is 13.1 Å². The van der Waals surface area contributed by atoms with E-state index in [9.17, 15) is 13.2 Å². The minimum atomic E-state index is -3.73. The van der Waals surface area contributed by atoms with Crippen LogP contribution in [0, 0.1) is 19.8 Å². The smallest absolute Gasteiger partial charge is 0.314 e. The Kier molecular flexibility index (Phi) is 5.83. The van der Waals surface area contributed by atoms with Gasteiger partial charge in [-0.1, -0.05) is 29.8 Å². The Balaban J connectivity index is 1.67. The van der Waals surface area contributed by atoms with Gasteiger partial charge in [0.25, 0.3) is 0 Å². The van der Waals surface area contributed by atoms with Gasteiger partial charge in [-0.2, -0.15) is 4.31 Å². The Morgan fingerprint density at radius 2 is 1.78 bits per heavy atom. The van der Waals surface area contributed by atoms with E-state index < -0.39 is 10.0 Å². The fourth-order valence-corrected chi connectivity index (χ4v) is 5.08. The van der Waals surface area contributed by atoms with Crippen LogP contribution in [0.3, 0.4) is 0 Å². The van der Waals surface area contributed by atoms with Gasteiger partial charge in [0, 0.05) is 19.3 Å². The van der Waals surface area contributed by atoms with Gasteiger partial charge in [-0.05, 0) is 49.9 Å². The number of nitrogens with zero attached hydrogens (tertiary/aromatic N) is 2. The monoisotopic (exact) mass is 408 g/mol. The number of halogens is 1. The van der Waals surface area contributed by atoms with Crippen LogP contribution in [0.5, 0.6) is 5.75 Å². The summed E-state index contributed by atoms with van der Waals surface area (Å²) in [6, 6.07) is 8.67. The minimum Gasteiger partial charge on any atom is -0.426 e. The van der Waals surface area contributed by atoms with Crippen LogP contribution < -0.4 is 4.74 Å². The maximum atomic E-state index is 12.8. The third kappa shape index (κ3) is 4.15. The van der Waals surface area contributed by atoms with Gasteiger partial charge < -0.3 is 4.74 Å². The Labute approximate surface area is 164 Å². The van der Waals surface area contributed by atoms with Crippen LogP contribution in [0.4, 0.5) is 0 Å². The predicted octanol–water partition coefficient (Wildman–Crippen LogP) is 3.36. The first-order valence-electron chi connectivity index (χ1n) is 8.69. The van der Waals surface area contributed by atoms with Crippen molar-refractivity contribution < 1.29 is 17.9 Å². The molecule has 1 aromatic carbocycles. The zero-order chi connectivity index (χ0) is 19.6. The summed E-state index contributed by atoms with van der Waals surface area (Å²) in [5.41, 5.74) is 1.80. The molecule has 2 heterocycles. The van der Waals surface area contributed by atoms with Gasteiger partial charge in [0.05, 0.1) is 5.92 Å². The SMILES string of the molecule is Cc1cccc(C)c1OC(=O)C1CCN(S(=O)(=O)c2cccnc2Cl)CC1. The molecule has 0 unspecified atom stereocenters. The quantitative estimate of drug-likeness (QED) is 0.440. The number of esters is 1. The van der Waals surface area contributed by atoms with Crippen molar-refractivity contribution in [3.8, 4) is 5.75 Å². The molecule has 1 saturated heterocycles. The molecule has 0 N–H and O–H groups in total. The van der Waals surface area contributed by atoms with Gasteiger partial charge in [0.15, 0.2) is 0 Å². The number of carbonyl (C=O) groups is 1. The molecule has 144 valence electrons. The zero-order valence-corrected chi connectivity index (χ0v) is 16.8. The molecule has 27 heavy (non-hydrogen) atoms. The zero-order valence-electron chi connectivity index (χ0n) is 15.2. The van der Waals surface area contributed by atoms with Gasteiger partial charge >= 0.3 is 5.97 Å². The highest BCUT2D eigenvalue weighted by Crippen LogP contribution is 2.29. The standard InChI is InChI=1S/C19H21ClN2O4S/c1-13-5-3-6-14(2)17(13)26-19(23)15-8-11-22(12-9-15)27(24,25)16-7-4-10-21-18(16)20/h3-7,10,15H,8-9,11-12H2,1-2H3. The second-order valence-electron chi connectivity index (χ2n) is 6.61. The van der Waals surface area contributed by atoms with E-state index in [1.807, 2.05) is 32.0 Å². The first kappa shape index (κ1) is 19.8. The normalized spacial score (nSPS) is 16.3. The number of hydrogen-bond acceptors (Lipinski definition) is 5. The number of para-hydroxylation sites is 1. The van der Waals surface area contributed by atoms with Gasteiger partial charge in [-0.3, -0.25) is 4.79 Å². The minimum absolute atomic E-state index is 0.0109. The van der Waals surface area contributed by atoms with Crippen LogP contribution in [0.15, 0.2) is 41.4 Å². The number of pyridine rings is 1. The highest BCUT2D eigenvalue weighted by atomic mass is 35.5. The second kappa shape index (κ2) is 7.96. The van der Waals surface area contributed by atoms with E-state index in [4.69, 9.17) is 16.3 Å². The van der Waals surface area contributed by atoms with Crippen molar-refractivity contribution in [3.05, 3.63) is 52.8 Å². The van der Waals surface area contributed by atoms with Crippen LogP contribution in [0.2, 0.25) is 5.15 Å². The van der Waals surface area contributed by atoms with E-state index in [1.165, 1.54) is 22.6 Å². The van der Waals surface area contributed by atoms with E-state index in [1.54, 1.807) is 0 Å². The Morgan fingerprint density at radius 1 is 1.15 bits per heavy atom. The lowest BCUT2D eigenvalue weighted by molar-refractivity contribution is -0.140. The molecule has 6 nitrogen and oxygen atoms in total. The maximum absolute atomic E-state index is 12.8. The number of aromatic nitrogens is 1. The first-order valence-corrected chi connectivity index (χ1v) is 10.5. The van der Waals surface area contributed by atoms with E-state index >= 15 is 0 Å². The predicted molar refractivity (Wildman–Crippen MR) is 102 cm³/mol. The fourth-order valence-electron chi connectivity index (χ4n) is 3.18.